The average Bonchev–Trinajstić information content (AvgIpc) is 3.30. The van der Waals surface area contributed by atoms with Crippen LogP contribution in [-0.2, 0) is 16.0 Å². The number of aliphatic carboxylic acids is 1. The molecule has 1 saturated carbocycles. The Labute approximate surface area is 149 Å². The Balaban J connectivity index is 1.62. The number of aromatic nitrogens is 2. The van der Waals surface area contributed by atoms with Gasteiger partial charge in [-0.1, -0.05) is 16.8 Å². The summed E-state index contributed by atoms with van der Waals surface area (Å²) >= 11 is 5.85. The molecule has 7 nitrogen and oxygen atoms in total. The maximum atomic E-state index is 12.4. The van der Waals surface area contributed by atoms with E-state index >= 15 is 0 Å². The van der Waals surface area contributed by atoms with Gasteiger partial charge in [-0.2, -0.15) is 4.98 Å². The van der Waals surface area contributed by atoms with Gasteiger partial charge in [0.15, 0.2) is 0 Å². The van der Waals surface area contributed by atoms with Crippen LogP contribution in [0.25, 0.3) is 11.4 Å². The summed E-state index contributed by atoms with van der Waals surface area (Å²) in [5.74, 6) is -0.430. The minimum absolute atomic E-state index is 0.0333. The number of amides is 1. The van der Waals surface area contributed by atoms with Crippen molar-refractivity contribution in [2.24, 2.45) is 0 Å². The number of nitrogens with zero attached hydrogens (tertiary/aromatic N) is 3. The number of carboxylic acids is 1. The van der Waals surface area contributed by atoms with Gasteiger partial charge in [0.05, 0.1) is 0 Å². The van der Waals surface area contributed by atoms with Crippen molar-refractivity contribution >= 4 is 23.5 Å². The zero-order valence-electron chi connectivity index (χ0n) is 13.7. The van der Waals surface area contributed by atoms with Gasteiger partial charge in [-0.3, -0.25) is 4.79 Å². The molecule has 0 radical (unpaired) electrons. The Hall–Kier alpha value is -2.41. The van der Waals surface area contributed by atoms with Gasteiger partial charge >= 0.3 is 5.97 Å². The topological polar surface area (TPSA) is 96.5 Å². The van der Waals surface area contributed by atoms with Crippen LogP contribution in [0.2, 0.25) is 5.02 Å². The molecule has 1 aromatic heterocycles. The number of hydrogen-bond acceptors (Lipinski definition) is 5. The number of halogens is 1. The molecule has 0 bridgehead atoms. The molecular weight excluding hydrogens is 346 g/mol. The second kappa shape index (κ2) is 7.23. The van der Waals surface area contributed by atoms with Crippen molar-refractivity contribution in [1.29, 1.82) is 0 Å². The van der Waals surface area contributed by atoms with Gasteiger partial charge in [0.1, 0.15) is 6.04 Å². The fourth-order valence-electron chi connectivity index (χ4n) is 2.62. The molecule has 1 aliphatic carbocycles. The smallest absolute Gasteiger partial charge is 0.326 e. The highest BCUT2D eigenvalue weighted by molar-refractivity contribution is 6.30. The Morgan fingerprint density at radius 3 is 2.64 bits per heavy atom. The Morgan fingerprint density at radius 2 is 2.04 bits per heavy atom. The Morgan fingerprint density at radius 1 is 1.36 bits per heavy atom. The van der Waals surface area contributed by atoms with Gasteiger partial charge < -0.3 is 14.5 Å². The first-order valence-electron chi connectivity index (χ1n) is 8.08. The van der Waals surface area contributed by atoms with Crippen LogP contribution in [0.4, 0.5) is 0 Å². The van der Waals surface area contributed by atoms with E-state index in [2.05, 4.69) is 10.1 Å². The summed E-state index contributed by atoms with van der Waals surface area (Å²) in [5.41, 5.74) is 0.768. The molecule has 2 aromatic rings. The molecule has 1 aromatic carbocycles. The van der Waals surface area contributed by atoms with Crippen molar-refractivity contribution in [1.82, 2.24) is 15.0 Å². The highest BCUT2D eigenvalue weighted by Gasteiger charge is 2.38. The largest absolute Gasteiger partial charge is 0.480 e. The summed E-state index contributed by atoms with van der Waals surface area (Å²) in [5, 5.41) is 13.7. The van der Waals surface area contributed by atoms with Gasteiger partial charge in [-0.25, -0.2) is 4.79 Å². The number of carbonyl (C=O) groups is 2. The lowest BCUT2D eigenvalue weighted by Gasteiger charge is -2.26. The fraction of sp³-hybridized carbons (Fsp3) is 0.412. The Bertz CT molecular complexity index is 770. The van der Waals surface area contributed by atoms with Crippen LogP contribution in [-0.4, -0.2) is 44.1 Å². The molecule has 1 heterocycles. The first kappa shape index (κ1) is 17.4. The van der Waals surface area contributed by atoms with Gasteiger partial charge in [-0.05, 0) is 44.0 Å². The minimum atomic E-state index is -0.997. The maximum Gasteiger partial charge on any atom is 0.326 e. The number of benzene rings is 1. The fourth-order valence-corrected chi connectivity index (χ4v) is 2.75. The van der Waals surface area contributed by atoms with Crippen LogP contribution < -0.4 is 0 Å². The lowest BCUT2D eigenvalue weighted by Crippen LogP contribution is -2.44. The molecule has 1 atom stereocenters. The Kier molecular flexibility index (Phi) is 5.03. The molecule has 132 valence electrons. The lowest BCUT2D eigenvalue weighted by atomic mass is 10.2. The second-order valence-corrected chi connectivity index (χ2v) is 6.50. The lowest BCUT2D eigenvalue weighted by molar-refractivity contribution is -0.150. The van der Waals surface area contributed by atoms with Crippen LogP contribution in [0.1, 0.15) is 32.1 Å². The van der Waals surface area contributed by atoms with Crippen LogP contribution >= 0.6 is 11.6 Å². The zero-order valence-corrected chi connectivity index (χ0v) is 14.4. The molecule has 1 aliphatic rings. The van der Waals surface area contributed by atoms with E-state index in [4.69, 9.17) is 21.2 Å². The summed E-state index contributed by atoms with van der Waals surface area (Å²) in [6, 6.07) is 6.24. The summed E-state index contributed by atoms with van der Waals surface area (Å²) in [6.07, 6.45) is 2.11. The highest BCUT2D eigenvalue weighted by Crippen LogP contribution is 2.29. The van der Waals surface area contributed by atoms with Crippen molar-refractivity contribution < 1.29 is 19.2 Å². The summed E-state index contributed by atoms with van der Waals surface area (Å²) in [7, 11) is 0. The summed E-state index contributed by atoms with van der Waals surface area (Å²) in [4.78, 5) is 29.3. The van der Waals surface area contributed by atoms with E-state index in [1.807, 2.05) is 0 Å². The molecule has 25 heavy (non-hydrogen) atoms. The van der Waals surface area contributed by atoms with Crippen LogP contribution in [0.15, 0.2) is 28.8 Å². The number of carboxylic acid groups (broad SMARTS) is 1. The molecular formula is C17H18ClN3O4. The van der Waals surface area contributed by atoms with Crippen LogP contribution in [0, 0.1) is 0 Å². The zero-order chi connectivity index (χ0) is 18.0. The summed E-state index contributed by atoms with van der Waals surface area (Å²) < 4.78 is 5.18. The van der Waals surface area contributed by atoms with Crippen molar-refractivity contribution in [2.75, 3.05) is 0 Å². The third-order valence-corrected chi connectivity index (χ3v) is 4.38. The number of hydrogen-bond donors (Lipinski definition) is 1. The summed E-state index contributed by atoms with van der Waals surface area (Å²) in [6.45, 7) is 1.53. The molecule has 8 heteroatoms. The molecule has 1 N–H and O–H groups in total. The monoisotopic (exact) mass is 363 g/mol. The maximum absolute atomic E-state index is 12.4. The van der Waals surface area contributed by atoms with Gasteiger partial charge in [0.2, 0.25) is 17.6 Å². The molecule has 1 fully saturated rings. The van der Waals surface area contributed by atoms with E-state index in [1.165, 1.54) is 11.8 Å². The third kappa shape index (κ3) is 4.17. The van der Waals surface area contributed by atoms with Crippen molar-refractivity contribution in [3.05, 3.63) is 35.2 Å². The number of aryl methyl sites for hydroxylation is 1. The predicted octanol–water partition coefficient (Wildman–Crippen LogP) is 2.79. The highest BCUT2D eigenvalue weighted by atomic mass is 35.5. The van der Waals surface area contributed by atoms with E-state index in [-0.39, 0.29) is 24.8 Å². The number of rotatable bonds is 7. The van der Waals surface area contributed by atoms with Gasteiger partial charge in [0, 0.05) is 29.5 Å². The van der Waals surface area contributed by atoms with Crippen LogP contribution in [0.5, 0.6) is 0 Å². The van der Waals surface area contributed by atoms with Crippen molar-refractivity contribution in [2.45, 2.75) is 44.7 Å². The quantitative estimate of drug-likeness (QED) is 0.812. The van der Waals surface area contributed by atoms with E-state index in [0.717, 1.165) is 18.4 Å². The molecule has 1 unspecified atom stereocenters. The predicted molar refractivity (Wildman–Crippen MR) is 90.0 cm³/mol. The number of carbonyl (C=O) groups excluding carboxylic acids is 1. The SMILES string of the molecule is CC(C(=O)O)N(C(=O)CCc1nc(-c2ccc(Cl)cc2)no1)C1CC1. The van der Waals surface area contributed by atoms with Crippen molar-refractivity contribution in [3.63, 3.8) is 0 Å². The first-order valence-corrected chi connectivity index (χ1v) is 8.46. The van der Waals surface area contributed by atoms with Gasteiger partial charge in [0.25, 0.3) is 0 Å². The normalized spacial score (nSPS) is 15.0. The second-order valence-electron chi connectivity index (χ2n) is 6.07. The minimum Gasteiger partial charge on any atom is -0.480 e. The van der Waals surface area contributed by atoms with Crippen molar-refractivity contribution in [3.8, 4) is 11.4 Å². The van der Waals surface area contributed by atoms with E-state index in [1.54, 1.807) is 24.3 Å². The first-order chi connectivity index (χ1) is 12.0. The van der Waals surface area contributed by atoms with Gasteiger partial charge in [-0.15, -0.1) is 0 Å². The molecule has 0 spiro atoms. The van der Waals surface area contributed by atoms with E-state index in [0.29, 0.717) is 16.7 Å². The average molecular weight is 364 g/mol. The molecule has 1 amide bonds. The van der Waals surface area contributed by atoms with E-state index < -0.39 is 12.0 Å². The standard InChI is InChI=1S/C17H18ClN3O4/c1-10(17(23)24)21(13-6-7-13)15(22)9-8-14-19-16(20-25-14)11-2-4-12(18)5-3-11/h2-5,10,13H,6-9H2,1H3,(H,23,24). The van der Waals surface area contributed by atoms with Crippen LogP contribution in [0.3, 0.4) is 0 Å². The van der Waals surface area contributed by atoms with E-state index in [9.17, 15) is 9.59 Å². The molecule has 3 rings (SSSR count). The third-order valence-electron chi connectivity index (χ3n) is 4.13. The molecule has 0 saturated heterocycles. The molecule has 0 aliphatic heterocycles.